The van der Waals surface area contributed by atoms with Crippen molar-refractivity contribution in [2.75, 3.05) is 59.8 Å². The molecular weight excluding hydrogens is 1870 g/mol. The van der Waals surface area contributed by atoms with Gasteiger partial charge in [0, 0.05) is 78.6 Å². The first-order valence-electron chi connectivity index (χ1n) is 48.1. The van der Waals surface area contributed by atoms with Gasteiger partial charge in [-0.3, -0.25) is 38.5 Å². The lowest BCUT2D eigenvalue weighted by Gasteiger charge is -2.36. The van der Waals surface area contributed by atoms with Gasteiger partial charge in [-0.1, -0.05) is 179 Å². The second-order valence-electron chi connectivity index (χ2n) is 41.0. The number of aliphatic carboxylic acids is 1. The van der Waals surface area contributed by atoms with Crippen LogP contribution >= 0.6 is 0 Å². The Bertz CT molecular complexity index is 6100. The molecule has 144 heavy (non-hydrogen) atoms. The van der Waals surface area contributed by atoms with Gasteiger partial charge in [0.2, 0.25) is 27.7 Å². The summed E-state index contributed by atoms with van der Waals surface area (Å²) in [4.78, 5) is 146. The van der Waals surface area contributed by atoms with Gasteiger partial charge in [0.1, 0.15) is 106 Å². The fourth-order valence-corrected chi connectivity index (χ4v) is 18.8. The third-order valence-electron chi connectivity index (χ3n) is 25.3. The maximum Gasteiger partial charge on any atom is 0.411 e. The van der Waals surface area contributed by atoms with Gasteiger partial charge in [-0.15, -0.1) is 13.2 Å². The number of methoxy groups -OCH3 is 2. The minimum Gasteiger partial charge on any atom is -0.488 e. The number of likely N-dealkylation sites (tertiary alicyclic amines) is 3. The molecule has 39 heteroatoms. The molecule has 774 valence electrons. The highest BCUT2D eigenvalue weighted by atomic mass is 32.2. The first kappa shape index (κ1) is 111. The smallest absolute Gasteiger partial charge is 0.411 e. The fourth-order valence-electron chi connectivity index (χ4n) is 18.3. The number of hydrogen-bond donors (Lipinski definition) is 8. The number of carboxylic acid groups (broad SMARTS) is 1. The lowest BCUT2D eigenvalue weighted by atomic mass is 9.84. The molecule has 7 amide bonds. The first-order chi connectivity index (χ1) is 67.7. The second kappa shape index (κ2) is 46.8. The second-order valence-corrected chi connectivity index (χ2v) is 42.7. The van der Waals surface area contributed by atoms with E-state index in [1.54, 1.807) is 119 Å². The monoisotopic (exact) mass is 2010 g/mol. The first-order valence-corrected chi connectivity index (χ1v) is 50.0. The van der Waals surface area contributed by atoms with Crippen LogP contribution in [0.1, 0.15) is 135 Å². The van der Waals surface area contributed by atoms with Crippen LogP contribution in [-0.2, 0) is 76.8 Å². The van der Waals surface area contributed by atoms with Gasteiger partial charge < -0.3 is 98.1 Å². The molecule has 0 spiro atoms. The Kier molecular flexibility index (Phi) is 36.1. The normalized spacial score (nSPS) is 23.5. The Labute approximate surface area is 840 Å². The van der Waals surface area contributed by atoms with Crippen LogP contribution < -0.4 is 39.6 Å². The third-order valence-corrected chi connectivity index (χ3v) is 25.9. The van der Waals surface area contributed by atoms with E-state index in [1.165, 1.54) is 35.0 Å². The van der Waals surface area contributed by atoms with E-state index in [2.05, 4.69) is 33.8 Å². The van der Waals surface area contributed by atoms with Gasteiger partial charge in [-0.05, 0) is 147 Å². The van der Waals surface area contributed by atoms with Crippen LogP contribution in [0.3, 0.4) is 0 Å². The van der Waals surface area contributed by atoms with E-state index in [-0.39, 0.29) is 75.6 Å². The Morgan fingerprint density at radius 1 is 0.465 bits per heavy atom. The Morgan fingerprint density at radius 2 is 0.806 bits per heavy atom. The average Bonchev–Trinajstić information content (AvgIpc) is 1.57. The highest BCUT2D eigenvalue weighted by Gasteiger charge is 2.64. The molecule has 15 atom stereocenters. The summed E-state index contributed by atoms with van der Waals surface area (Å²) in [6.07, 6.45) is 1.87. The molecule has 5 heterocycles. The van der Waals surface area contributed by atoms with Crippen molar-refractivity contribution in [2.24, 2.45) is 17.3 Å². The highest BCUT2D eigenvalue weighted by molar-refractivity contribution is 7.89. The van der Waals surface area contributed by atoms with Crippen molar-refractivity contribution < 1.29 is 129 Å². The molecule has 5 saturated heterocycles. The maximum absolute atomic E-state index is 14.3. The number of carbonyl (C=O) groups excluding carboxylic acids is 10. The molecule has 36 nitrogen and oxygen atoms in total. The van der Waals surface area contributed by atoms with Gasteiger partial charge in [-0.25, -0.2) is 37.2 Å². The molecule has 8 N–H and O–H groups in total. The van der Waals surface area contributed by atoms with Crippen molar-refractivity contribution in [1.29, 1.82) is 0 Å². The van der Waals surface area contributed by atoms with E-state index in [9.17, 15) is 81.4 Å². The summed E-state index contributed by atoms with van der Waals surface area (Å²) in [5.41, 5.74) is -5.48. The van der Waals surface area contributed by atoms with E-state index in [4.69, 9.17) is 42.6 Å². The summed E-state index contributed by atoms with van der Waals surface area (Å²) in [6.45, 7) is 34.9. The molecule has 7 fully saturated rings. The predicted octanol–water partition coefficient (Wildman–Crippen LogP) is 11.8. The average molecular weight is 2010 g/mol. The van der Waals surface area contributed by atoms with E-state index in [1.807, 2.05) is 175 Å². The number of fused-ring (bicyclic) bond motifs is 4. The lowest BCUT2D eigenvalue weighted by Crippen LogP contribution is -2.60. The maximum atomic E-state index is 14.3. The quantitative estimate of drug-likeness (QED) is 0.0114. The van der Waals surface area contributed by atoms with Gasteiger partial charge in [0.25, 0.3) is 5.91 Å². The summed E-state index contributed by atoms with van der Waals surface area (Å²) in [7, 11) is -2.99. The number of amides is 7. The number of aliphatic hydroxyl groups is 1. The number of alkyl carbamates (subject to hydrolysis) is 1. The SMILES string of the molecule is C=C[C@@H]1C[C@]1(NC(=O)[C@@H]1C[C@@H](Oc2cccc3ccccc23)CN1B(C)O)C(=O)OCC.C=C[C@@H]1C[C@]1(NC(=O)[C@@H]1C[C@@H](Oc2cccc3ccccc23)CN1C(=O)[C@@H](NC(=O)OC(C)(C)C)C(C)(C)C)C(=O)NS(C)(=O)=O.CB(O)N1C[C@H](Oc2cccc3ccccc23)C[C@H]1C(=O)O.COC(=O)[C@@H]1C[C@@H](Oc2cccc3ccccc23)CN1C(=O)OC(C)(C)C.COC(=O)[C@@H]1C[C@H](O)CN1C(=O)OC(C)(C)C. The standard InChI is InChI=1S/C33H44N4O8S.C24H29BN2O5.C21H25NO5.C16H18BNO4.C11H19NO5/c1-9-21-18-33(21,29(40)36-46(8,42)43)35-27(38)24-17-22(44-25-16-12-14-20-13-10-11-15-23(20)25)19-37(24)28(39)26(31(2,3)4)34-30(41)45-32(5,6)7;1-4-17-14-24(17,23(29)31-5-2)26-22(28)20-13-18(15-27(20)25(3)30)32-21-12-8-10-16-9-6-7-11-19(16)21;1-21(2,3)27-20(24)22-13-15(12-17(22)19(23)25-4)26-18-11-7-9-14-8-5-6-10-16(14)18;1-17(21)18-10-12(9-14(18)16(19)20)22-15-8-4-6-11-5-2-3-7-13(11)15;1-11(2,3)17-10(15)12-6-7(13)5-8(12)9(14)16-4/h9-16,21-22,24,26H,1,17-19H2,2-8H3,(H,34,41)(H,35,38)(H,36,40);4,6-12,17-18,20,30H,1,5,13-15H2,2-3H3,(H,26,28);5-11,15,17H,12-13H2,1-4H3;2-8,12,14,21H,9-10H2,1H3,(H,19,20);7-8,13H,5-6H2,1-4H3/t21-,22-,24+,26-,33-;17-,18-,20+,24-;15-,17+;12-,14+;7-,8-/m11110/s1. The van der Waals surface area contributed by atoms with E-state index in [0.717, 1.165) is 66.6 Å². The number of carboxylic acids is 1. The van der Waals surface area contributed by atoms with Crippen molar-refractivity contribution in [2.45, 2.75) is 243 Å². The summed E-state index contributed by atoms with van der Waals surface area (Å²) in [5, 5.41) is 55.2. The zero-order valence-electron chi connectivity index (χ0n) is 84.9. The minimum atomic E-state index is -3.91. The number of ether oxygens (including phenoxy) is 10. The molecule has 2 saturated carbocycles. The van der Waals surface area contributed by atoms with Crippen molar-refractivity contribution in [3.05, 3.63) is 195 Å². The number of rotatable bonds is 25. The molecule has 0 aromatic heterocycles. The number of benzene rings is 8. The van der Waals surface area contributed by atoms with Crippen LogP contribution in [0.25, 0.3) is 43.1 Å². The number of sulfonamides is 1. The number of aliphatic hydroxyl groups excluding tert-OH is 1. The molecule has 0 bridgehead atoms. The van der Waals surface area contributed by atoms with Gasteiger partial charge in [-0.2, -0.15) is 0 Å². The van der Waals surface area contributed by atoms with Crippen LogP contribution in [0, 0.1) is 17.3 Å². The Morgan fingerprint density at radius 3 is 1.17 bits per heavy atom. The zero-order chi connectivity index (χ0) is 106. The summed E-state index contributed by atoms with van der Waals surface area (Å²) in [5.74, 6) is -2.62. The number of carbonyl (C=O) groups is 11. The van der Waals surface area contributed by atoms with E-state index >= 15 is 0 Å². The minimum absolute atomic E-state index is 0.0101. The van der Waals surface area contributed by atoms with Crippen molar-refractivity contribution >= 4 is 133 Å². The topological polar surface area (TPSA) is 459 Å². The van der Waals surface area contributed by atoms with Gasteiger partial charge in [0.05, 0.1) is 58.9 Å². The van der Waals surface area contributed by atoms with Crippen molar-refractivity contribution in [1.82, 2.24) is 45.0 Å². The molecule has 8 aromatic carbocycles. The molecule has 15 rings (SSSR count). The zero-order valence-corrected chi connectivity index (χ0v) is 85.7. The summed E-state index contributed by atoms with van der Waals surface area (Å²) in [6, 6.07) is 49.6. The molecule has 2 aliphatic carbocycles. The van der Waals surface area contributed by atoms with Crippen LogP contribution in [0.4, 0.5) is 14.4 Å². The molecule has 0 unspecified atom stereocenters. The van der Waals surface area contributed by atoms with Crippen LogP contribution in [0.2, 0.25) is 13.6 Å². The number of nitrogens with zero attached hydrogens (tertiary/aromatic N) is 5. The highest BCUT2D eigenvalue weighted by Crippen LogP contribution is 2.48. The van der Waals surface area contributed by atoms with Gasteiger partial charge >= 0.3 is 56.3 Å². The lowest BCUT2D eigenvalue weighted by molar-refractivity contribution is -0.149. The van der Waals surface area contributed by atoms with Gasteiger partial charge in [0.15, 0.2) is 0 Å². The van der Waals surface area contributed by atoms with Crippen LogP contribution in [0.15, 0.2) is 195 Å². The number of β-amino-alcohol motifs (C(OH)–C–C–N with tert-alkyl or cyclic N) is 1. The predicted molar refractivity (Wildman–Crippen MR) is 542 cm³/mol. The van der Waals surface area contributed by atoms with E-state index in [0.29, 0.717) is 44.5 Å². The van der Waals surface area contributed by atoms with Crippen LogP contribution in [0.5, 0.6) is 23.0 Å². The number of nitrogens with one attached hydrogen (secondary N) is 4. The Hall–Kier alpha value is -13.1. The largest absolute Gasteiger partial charge is 0.488 e. The summed E-state index contributed by atoms with van der Waals surface area (Å²) >= 11 is 0. The molecule has 0 radical (unpaired) electrons. The fraction of sp³-hybridized carbons (Fsp3) is 0.476. The molecule has 7 aliphatic rings. The molecule has 5 aliphatic heterocycles. The number of esters is 3. The molecule has 8 aromatic rings. The molecular formula is C105H135B2N9O27S. The Balaban J connectivity index is 0.000000179. The van der Waals surface area contributed by atoms with Crippen molar-refractivity contribution in [3.8, 4) is 23.0 Å². The number of hydrogen-bond acceptors (Lipinski definition) is 28. The van der Waals surface area contributed by atoms with Crippen LogP contribution in [-0.4, -0.2) is 287 Å². The summed E-state index contributed by atoms with van der Waals surface area (Å²) < 4.78 is 81.3. The van der Waals surface area contributed by atoms with Crippen molar-refractivity contribution in [3.63, 3.8) is 0 Å². The van der Waals surface area contributed by atoms with E-state index < -0.39 is 172 Å². The third kappa shape index (κ3) is 28.5.